The molecule has 0 bridgehead atoms. The number of benzene rings is 1. The summed E-state index contributed by atoms with van der Waals surface area (Å²) in [5.74, 6) is -0.508. The molecule has 152 valence electrons. The normalized spacial score (nSPS) is 12.1. The quantitative estimate of drug-likeness (QED) is 0.384. The molecule has 0 atom stereocenters. The summed E-state index contributed by atoms with van der Waals surface area (Å²) in [7, 11) is 0. The molecular weight excluding hydrogens is 390 g/mol. The number of nitriles is 1. The number of hydrogen-bond acceptors (Lipinski definition) is 4. The molecule has 4 aromatic rings. The summed E-state index contributed by atoms with van der Waals surface area (Å²) in [6, 6.07) is 18.0. The molecule has 0 radical (unpaired) electrons. The van der Waals surface area contributed by atoms with E-state index in [2.05, 4.69) is 16.0 Å². The average Bonchev–Trinajstić information content (AvgIpc) is 2.78. The van der Waals surface area contributed by atoms with Gasteiger partial charge in [-0.15, -0.1) is 0 Å². The molecule has 4 rings (SSSR count). The molecule has 0 aliphatic heterocycles. The topological polar surface area (TPSA) is 92.5 Å². The van der Waals surface area contributed by atoms with Gasteiger partial charge in [0, 0.05) is 18.3 Å². The van der Waals surface area contributed by atoms with E-state index >= 15 is 0 Å². The van der Waals surface area contributed by atoms with Crippen molar-refractivity contribution in [2.24, 2.45) is 4.99 Å². The maximum Gasteiger partial charge on any atom is 0.271 e. The molecule has 0 fully saturated rings. The number of nitrogens with zero attached hydrogens (tertiary/aromatic N) is 5. The minimum atomic E-state index is -0.508. The fourth-order valence-corrected chi connectivity index (χ4v) is 3.40. The minimum absolute atomic E-state index is 0.137. The van der Waals surface area contributed by atoms with Crippen molar-refractivity contribution >= 4 is 28.7 Å². The van der Waals surface area contributed by atoms with Crippen molar-refractivity contribution in [2.75, 3.05) is 0 Å². The average molecular weight is 409 g/mol. The van der Waals surface area contributed by atoms with Crippen LogP contribution in [0.3, 0.4) is 0 Å². The molecule has 3 aromatic heterocycles. The molecule has 3 heterocycles. The summed E-state index contributed by atoms with van der Waals surface area (Å²) in [6.45, 7) is 3.77. The summed E-state index contributed by atoms with van der Waals surface area (Å²) in [5.41, 5.74) is 1.75. The van der Waals surface area contributed by atoms with Gasteiger partial charge in [-0.1, -0.05) is 36.4 Å². The van der Waals surface area contributed by atoms with E-state index in [1.807, 2.05) is 44.2 Å². The van der Waals surface area contributed by atoms with Gasteiger partial charge in [0.15, 0.2) is 5.49 Å². The first-order chi connectivity index (χ1) is 15.0. The molecule has 1 aromatic carbocycles. The second-order valence-electron chi connectivity index (χ2n) is 7.23. The van der Waals surface area contributed by atoms with Crippen molar-refractivity contribution in [3.05, 3.63) is 93.8 Å². The van der Waals surface area contributed by atoms with Crippen molar-refractivity contribution in [3.8, 4) is 6.07 Å². The summed E-state index contributed by atoms with van der Waals surface area (Å²) in [4.78, 5) is 34.4. The lowest BCUT2D eigenvalue weighted by Crippen LogP contribution is -2.30. The molecular formula is C24H19N5O2. The van der Waals surface area contributed by atoms with Crippen LogP contribution in [0.5, 0.6) is 0 Å². The molecule has 0 saturated carbocycles. The minimum Gasteiger partial charge on any atom is -0.306 e. The van der Waals surface area contributed by atoms with Crippen LogP contribution in [0, 0.1) is 11.3 Å². The van der Waals surface area contributed by atoms with Crippen molar-refractivity contribution in [1.82, 2.24) is 14.0 Å². The van der Waals surface area contributed by atoms with Crippen LogP contribution in [-0.4, -0.2) is 19.9 Å². The van der Waals surface area contributed by atoms with Crippen LogP contribution in [0.25, 0.3) is 22.8 Å². The Labute approximate surface area is 177 Å². The standard InChI is InChI=1S/C24H19N5O2/c1-16(2)29-22(27-21(30)12-11-17-8-4-3-5-9-17)18(15-25)14-19-23(29)26-20-10-6-7-13-28(20)24(19)31/h3-14,16H,1-2H3/b12-11+,27-22?. The number of carbonyl (C=O) groups excluding carboxylic acids is 1. The molecule has 7 heteroatoms. The first-order valence-corrected chi connectivity index (χ1v) is 9.78. The second-order valence-corrected chi connectivity index (χ2v) is 7.23. The lowest BCUT2D eigenvalue weighted by molar-refractivity contribution is -0.113. The molecule has 0 unspecified atom stereocenters. The maximum absolute atomic E-state index is 13.0. The van der Waals surface area contributed by atoms with E-state index in [0.717, 1.165) is 5.56 Å². The summed E-state index contributed by atoms with van der Waals surface area (Å²) < 4.78 is 3.09. The Morgan fingerprint density at radius 2 is 1.90 bits per heavy atom. The van der Waals surface area contributed by atoms with Gasteiger partial charge in [-0.3, -0.25) is 14.0 Å². The van der Waals surface area contributed by atoms with Gasteiger partial charge in [-0.2, -0.15) is 10.3 Å². The zero-order valence-corrected chi connectivity index (χ0v) is 17.1. The number of aromatic nitrogens is 3. The molecule has 7 nitrogen and oxygen atoms in total. The predicted octanol–water partition coefficient (Wildman–Crippen LogP) is 3.24. The second kappa shape index (κ2) is 8.20. The van der Waals surface area contributed by atoms with Crippen LogP contribution in [-0.2, 0) is 4.79 Å². The van der Waals surface area contributed by atoms with Crippen molar-refractivity contribution < 1.29 is 4.79 Å². The third-order valence-electron chi connectivity index (χ3n) is 4.81. The largest absolute Gasteiger partial charge is 0.306 e. The van der Waals surface area contributed by atoms with Crippen LogP contribution < -0.4 is 11.0 Å². The highest BCUT2D eigenvalue weighted by Gasteiger charge is 2.16. The van der Waals surface area contributed by atoms with E-state index in [0.29, 0.717) is 16.7 Å². The van der Waals surface area contributed by atoms with E-state index in [-0.39, 0.29) is 22.7 Å². The smallest absolute Gasteiger partial charge is 0.271 e. The van der Waals surface area contributed by atoms with E-state index in [9.17, 15) is 14.9 Å². The number of pyridine rings is 2. The van der Waals surface area contributed by atoms with Gasteiger partial charge >= 0.3 is 0 Å². The fourth-order valence-electron chi connectivity index (χ4n) is 3.40. The Bertz CT molecular complexity index is 1500. The third-order valence-corrected chi connectivity index (χ3v) is 4.81. The first-order valence-electron chi connectivity index (χ1n) is 9.78. The van der Waals surface area contributed by atoms with Crippen molar-refractivity contribution in [1.29, 1.82) is 5.26 Å². The van der Waals surface area contributed by atoms with Gasteiger partial charge in [0.2, 0.25) is 0 Å². The molecule has 0 N–H and O–H groups in total. The van der Waals surface area contributed by atoms with Gasteiger partial charge in [0.05, 0.1) is 10.9 Å². The van der Waals surface area contributed by atoms with E-state index in [4.69, 9.17) is 0 Å². The monoisotopic (exact) mass is 409 g/mol. The van der Waals surface area contributed by atoms with Gasteiger partial charge < -0.3 is 4.57 Å². The third kappa shape index (κ3) is 3.79. The fraction of sp³-hybridized carbons (Fsp3) is 0.125. The summed E-state index contributed by atoms with van der Waals surface area (Å²) >= 11 is 0. The van der Waals surface area contributed by atoms with Crippen LogP contribution in [0.1, 0.15) is 31.0 Å². The van der Waals surface area contributed by atoms with Gasteiger partial charge in [0.25, 0.3) is 11.5 Å². The van der Waals surface area contributed by atoms with Gasteiger partial charge in [-0.25, -0.2) is 4.98 Å². The number of fused-ring (bicyclic) bond motifs is 2. The number of rotatable bonds is 3. The lowest BCUT2D eigenvalue weighted by atomic mass is 10.2. The first kappa shape index (κ1) is 20.0. The number of hydrogen-bond donors (Lipinski definition) is 0. The zero-order valence-electron chi connectivity index (χ0n) is 17.1. The van der Waals surface area contributed by atoms with Crippen molar-refractivity contribution in [3.63, 3.8) is 0 Å². The number of carbonyl (C=O) groups is 1. The molecule has 0 spiro atoms. The summed E-state index contributed by atoms with van der Waals surface area (Å²) in [6.07, 6.45) is 4.65. The Morgan fingerprint density at radius 1 is 1.16 bits per heavy atom. The van der Waals surface area contributed by atoms with Gasteiger partial charge in [-0.05, 0) is 43.7 Å². The van der Waals surface area contributed by atoms with E-state index < -0.39 is 5.91 Å². The van der Waals surface area contributed by atoms with Crippen LogP contribution in [0.4, 0.5) is 0 Å². The van der Waals surface area contributed by atoms with E-state index in [1.165, 1.54) is 16.5 Å². The highest BCUT2D eigenvalue weighted by molar-refractivity contribution is 5.92. The predicted molar refractivity (Wildman–Crippen MR) is 118 cm³/mol. The summed E-state index contributed by atoms with van der Waals surface area (Å²) in [5, 5.41) is 10.0. The Kier molecular flexibility index (Phi) is 5.29. The van der Waals surface area contributed by atoms with Crippen LogP contribution in [0.15, 0.2) is 76.7 Å². The Balaban J connectivity index is 1.99. The molecule has 31 heavy (non-hydrogen) atoms. The Morgan fingerprint density at radius 3 is 2.61 bits per heavy atom. The van der Waals surface area contributed by atoms with Crippen LogP contribution >= 0.6 is 0 Å². The Hall–Kier alpha value is -4.31. The molecule has 0 aliphatic rings. The van der Waals surface area contributed by atoms with Crippen molar-refractivity contribution in [2.45, 2.75) is 19.9 Å². The maximum atomic E-state index is 13.0. The number of amides is 1. The highest BCUT2D eigenvalue weighted by Crippen LogP contribution is 2.14. The lowest BCUT2D eigenvalue weighted by Gasteiger charge is -2.16. The SMILES string of the molecule is CC(C)n1c(=NC(=O)/C=C/c2ccccc2)c(C#N)cc2c(=O)n3ccccc3nc21. The van der Waals surface area contributed by atoms with E-state index in [1.54, 1.807) is 35.0 Å². The highest BCUT2D eigenvalue weighted by atomic mass is 16.1. The molecule has 0 aliphatic carbocycles. The molecule has 1 amide bonds. The van der Waals surface area contributed by atoms with Gasteiger partial charge in [0.1, 0.15) is 17.4 Å². The molecule has 0 saturated heterocycles. The zero-order chi connectivity index (χ0) is 22.0. The van der Waals surface area contributed by atoms with Crippen LogP contribution in [0.2, 0.25) is 0 Å².